The summed E-state index contributed by atoms with van der Waals surface area (Å²) in [5, 5.41) is 0.441. The number of aromatic nitrogens is 1. The molecule has 7 heteroatoms. The van der Waals surface area contributed by atoms with E-state index in [1.54, 1.807) is 18.2 Å². The fourth-order valence-corrected chi connectivity index (χ4v) is 2.88. The van der Waals surface area contributed by atoms with Crippen molar-refractivity contribution in [1.82, 2.24) is 4.57 Å². The minimum absolute atomic E-state index is 0.130. The minimum atomic E-state index is -0.502. The average molecular weight is 306 g/mol. The zero-order chi connectivity index (χ0) is 13.1. The first kappa shape index (κ1) is 13.4. The monoisotopic (exact) mass is 305 g/mol. The molecule has 0 aliphatic rings. The van der Waals surface area contributed by atoms with Crippen LogP contribution in [0, 0.1) is 0 Å². The van der Waals surface area contributed by atoms with Crippen molar-refractivity contribution in [2.75, 3.05) is 12.5 Å². The molecule has 1 aromatic heterocycles. The lowest BCUT2D eigenvalue weighted by Crippen LogP contribution is -2.21. The summed E-state index contributed by atoms with van der Waals surface area (Å²) in [5.74, 6) is -0.274. The number of rotatable bonds is 4. The van der Waals surface area contributed by atoms with Gasteiger partial charge >= 0.3 is 10.8 Å². The second-order valence-corrected chi connectivity index (χ2v) is 5.23. The van der Waals surface area contributed by atoms with Crippen LogP contribution in [0.5, 0.6) is 0 Å². The number of nitrogens with zero attached hydrogens (tertiary/aromatic N) is 1. The number of esters is 1. The first-order valence-electron chi connectivity index (χ1n) is 5.13. The summed E-state index contributed by atoms with van der Waals surface area (Å²) in [7, 11) is 0. The molecule has 0 fully saturated rings. The van der Waals surface area contributed by atoms with Crippen LogP contribution in [0.1, 0.15) is 0 Å². The summed E-state index contributed by atoms with van der Waals surface area (Å²) in [6.07, 6.45) is 0. The Bertz CT molecular complexity index is 635. The predicted molar refractivity (Wildman–Crippen MR) is 72.8 cm³/mol. The molecule has 0 bridgehead atoms. The van der Waals surface area contributed by atoms with Gasteiger partial charge < -0.3 is 4.74 Å². The van der Waals surface area contributed by atoms with Crippen molar-refractivity contribution in [3.8, 4) is 0 Å². The zero-order valence-corrected chi connectivity index (χ0v) is 11.5. The van der Waals surface area contributed by atoms with Crippen molar-refractivity contribution in [1.29, 1.82) is 0 Å². The van der Waals surface area contributed by atoms with Crippen molar-refractivity contribution in [2.24, 2.45) is 0 Å². The third-order valence-electron chi connectivity index (χ3n) is 2.26. The molecule has 0 saturated carbocycles. The Hall–Kier alpha value is -1.04. The zero-order valence-electron chi connectivity index (χ0n) is 9.19. The van der Waals surface area contributed by atoms with Gasteiger partial charge in [-0.25, -0.2) is 0 Å². The largest absolute Gasteiger partial charge is 0.463 e. The van der Waals surface area contributed by atoms with E-state index < -0.39 is 5.97 Å². The summed E-state index contributed by atoms with van der Waals surface area (Å²) in [5.41, 5.74) is 0.567. The SMILES string of the molecule is O=C(Cn1c(=O)sc2cccc(Cl)c21)OCCCl. The Morgan fingerprint density at radius 2 is 2.22 bits per heavy atom. The Morgan fingerprint density at radius 3 is 2.94 bits per heavy atom. The molecule has 0 saturated heterocycles. The summed E-state index contributed by atoms with van der Waals surface area (Å²) < 4.78 is 6.91. The average Bonchev–Trinajstić information content (AvgIpc) is 2.65. The molecule has 0 atom stereocenters. The van der Waals surface area contributed by atoms with Gasteiger partial charge in [-0.2, -0.15) is 0 Å². The van der Waals surface area contributed by atoms with Gasteiger partial charge in [-0.3, -0.25) is 14.2 Å². The molecule has 4 nitrogen and oxygen atoms in total. The van der Waals surface area contributed by atoms with Crippen molar-refractivity contribution in [2.45, 2.75) is 6.54 Å². The van der Waals surface area contributed by atoms with Crippen molar-refractivity contribution >= 4 is 50.7 Å². The van der Waals surface area contributed by atoms with Gasteiger partial charge in [0.25, 0.3) is 0 Å². The van der Waals surface area contributed by atoms with Gasteiger partial charge in [0.1, 0.15) is 13.2 Å². The molecule has 1 aromatic carbocycles. The fourth-order valence-electron chi connectivity index (χ4n) is 1.55. The van der Waals surface area contributed by atoms with E-state index in [0.717, 1.165) is 16.0 Å². The number of fused-ring (bicyclic) bond motifs is 1. The van der Waals surface area contributed by atoms with E-state index in [2.05, 4.69) is 0 Å². The standard InChI is InChI=1S/C11H9Cl2NO3S/c12-4-5-17-9(15)6-14-10-7(13)2-1-3-8(10)18-11(14)16/h1-3H,4-6H2. The van der Waals surface area contributed by atoms with E-state index in [0.29, 0.717) is 10.5 Å². The van der Waals surface area contributed by atoms with E-state index >= 15 is 0 Å². The van der Waals surface area contributed by atoms with Crippen molar-refractivity contribution in [3.63, 3.8) is 0 Å². The molecule has 0 unspecified atom stereocenters. The topological polar surface area (TPSA) is 48.3 Å². The Labute approximate surface area is 117 Å². The van der Waals surface area contributed by atoms with Crippen LogP contribution >= 0.6 is 34.5 Å². The summed E-state index contributed by atoms with van der Waals surface area (Å²) in [6.45, 7) is -0.0234. The molecule has 96 valence electrons. The van der Waals surface area contributed by atoms with E-state index in [1.807, 2.05) is 0 Å². The number of halogens is 2. The number of alkyl halides is 1. The molecular formula is C11H9Cl2NO3S. The van der Waals surface area contributed by atoms with Crippen LogP contribution in [0.3, 0.4) is 0 Å². The second kappa shape index (κ2) is 5.73. The lowest BCUT2D eigenvalue weighted by atomic mass is 10.3. The van der Waals surface area contributed by atoms with Crippen LogP contribution < -0.4 is 4.87 Å². The fraction of sp³-hybridized carbons (Fsp3) is 0.273. The van der Waals surface area contributed by atoms with Gasteiger partial charge in [0.05, 0.1) is 21.1 Å². The highest BCUT2D eigenvalue weighted by Crippen LogP contribution is 2.25. The first-order valence-corrected chi connectivity index (χ1v) is 6.86. The number of para-hydroxylation sites is 1. The van der Waals surface area contributed by atoms with Crippen molar-refractivity contribution in [3.05, 3.63) is 32.9 Å². The number of thiazole rings is 1. The number of ether oxygens (including phenoxy) is 1. The van der Waals surface area contributed by atoms with Crippen LogP contribution in [0.2, 0.25) is 5.02 Å². The number of carbonyl (C=O) groups excluding carboxylic acids is 1. The van der Waals surface area contributed by atoms with Gasteiger partial charge in [0.15, 0.2) is 0 Å². The summed E-state index contributed by atoms with van der Waals surface area (Å²) in [6, 6.07) is 5.22. The summed E-state index contributed by atoms with van der Waals surface area (Å²) >= 11 is 12.5. The van der Waals surface area contributed by atoms with E-state index in [4.69, 9.17) is 27.9 Å². The first-order chi connectivity index (χ1) is 8.63. The highest BCUT2D eigenvalue weighted by molar-refractivity contribution is 7.16. The third kappa shape index (κ3) is 2.68. The Balaban J connectivity index is 2.36. The summed E-state index contributed by atoms with van der Waals surface area (Å²) in [4.78, 5) is 23.1. The second-order valence-electron chi connectivity index (χ2n) is 3.45. The molecule has 0 aliphatic heterocycles. The van der Waals surface area contributed by atoms with Crippen LogP contribution in [0.25, 0.3) is 10.2 Å². The lowest BCUT2D eigenvalue weighted by molar-refractivity contribution is -0.143. The van der Waals surface area contributed by atoms with E-state index in [-0.39, 0.29) is 23.9 Å². The van der Waals surface area contributed by atoms with Gasteiger partial charge in [0, 0.05) is 0 Å². The molecule has 2 aromatic rings. The van der Waals surface area contributed by atoms with E-state index in [9.17, 15) is 9.59 Å². The van der Waals surface area contributed by atoms with Crippen LogP contribution in [-0.4, -0.2) is 23.0 Å². The molecule has 0 aliphatic carbocycles. The normalized spacial score (nSPS) is 10.8. The molecule has 0 N–H and O–H groups in total. The van der Waals surface area contributed by atoms with E-state index in [1.165, 1.54) is 4.57 Å². The maximum absolute atomic E-state index is 11.8. The maximum atomic E-state index is 11.8. The van der Waals surface area contributed by atoms with Crippen molar-refractivity contribution < 1.29 is 9.53 Å². The molecule has 1 heterocycles. The van der Waals surface area contributed by atoms with Crippen LogP contribution in [0.15, 0.2) is 23.0 Å². The van der Waals surface area contributed by atoms with Gasteiger partial charge in [-0.05, 0) is 12.1 Å². The minimum Gasteiger partial charge on any atom is -0.463 e. The third-order valence-corrected chi connectivity index (χ3v) is 3.67. The number of benzene rings is 1. The molecule has 0 radical (unpaired) electrons. The Morgan fingerprint density at radius 1 is 1.44 bits per heavy atom. The smallest absolute Gasteiger partial charge is 0.326 e. The number of hydrogen-bond donors (Lipinski definition) is 0. The predicted octanol–water partition coefficient (Wildman–Crippen LogP) is 2.50. The molecular weight excluding hydrogens is 297 g/mol. The highest BCUT2D eigenvalue weighted by atomic mass is 35.5. The lowest BCUT2D eigenvalue weighted by Gasteiger charge is -2.05. The molecule has 0 spiro atoms. The quantitative estimate of drug-likeness (QED) is 0.644. The maximum Gasteiger partial charge on any atom is 0.326 e. The highest BCUT2D eigenvalue weighted by Gasteiger charge is 2.14. The van der Waals surface area contributed by atoms with Gasteiger partial charge in [0.2, 0.25) is 0 Å². The van der Waals surface area contributed by atoms with Crippen LogP contribution in [0.4, 0.5) is 0 Å². The number of carbonyl (C=O) groups is 1. The molecule has 0 amide bonds. The molecule has 2 rings (SSSR count). The van der Waals surface area contributed by atoms with Crippen LogP contribution in [-0.2, 0) is 16.1 Å². The molecule has 18 heavy (non-hydrogen) atoms. The van der Waals surface area contributed by atoms with Gasteiger partial charge in [-0.1, -0.05) is 29.0 Å². The van der Waals surface area contributed by atoms with Gasteiger partial charge in [-0.15, -0.1) is 11.6 Å². The Kier molecular flexibility index (Phi) is 4.27. The number of hydrogen-bond acceptors (Lipinski definition) is 4.